The van der Waals surface area contributed by atoms with Crippen molar-refractivity contribution in [2.75, 3.05) is 18.0 Å². The van der Waals surface area contributed by atoms with Crippen LogP contribution in [-0.4, -0.2) is 66.4 Å². The van der Waals surface area contributed by atoms with Crippen molar-refractivity contribution >= 4 is 23.2 Å². The molecule has 5 rings (SSSR count). The van der Waals surface area contributed by atoms with Gasteiger partial charge in [0.25, 0.3) is 5.91 Å². The fraction of sp³-hybridized carbons (Fsp3) is 0.292. The summed E-state index contributed by atoms with van der Waals surface area (Å²) in [5.41, 5.74) is 3.01. The van der Waals surface area contributed by atoms with Gasteiger partial charge in [0.05, 0.1) is 16.9 Å². The zero-order chi connectivity index (χ0) is 26.6. The number of carbonyl (C=O) groups excluding carboxylic acids is 1. The summed E-state index contributed by atoms with van der Waals surface area (Å²) in [4.78, 5) is 32.8. The van der Waals surface area contributed by atoms with Crippen LogP contribution >= 0.6 is 0 Å². The Balaban J connectivity index is 0.000000405. The largest absolute Gasteiger partial charge is 0.490 e. The van der Waals surface area contributed by atoms with Gasteiger partial charge in [-0.25, -0.2) is 19.4 Å². The predicted molar refractivity (Wildman–Crippen MR) is 128 cm³/mol. The lowest BCUT2D eigenvalue weighted by molar-refractivity contribution is -0.192. The van der Waals surface area contributed by atoms with Crippen molar-refractivity contribution in [2.45, 2.75) is 32.0 Å². The number of aliphatic carboxylic acids is 1. The predicted octanol–water partition coefficient (Wildman–Crippen LogP) is 3.12. The summed E-state index contributed by atoms with van der Waals surface area (Å²) in [7, 11) is 0. The number of benzene rings is 1. The Labute approximate surface area is 209 Å². The van der Waals surface area contributed by atoms with Crippen molar-refractivity contribution in [2.24, 2.45) is 0 Å². The maximum atomic E-state index is 12.7. The topological polar surface area (TPSA) is 118 Å². The average Bonchev–Trinajstić information content (AvgIpc) is 3.64. The minimum atomic E-state index is -5.08. The van der Waals surface area contributed by atoms with Gasteiger partial charge in [0.2, 0.25) is 5.82 Å². The molecule has 4 heterocycles. The van der Waals surface area contributed by atoms with Crippen molar-refractivity contribution in [3.63, 3.8) is 0 Å². The van der Waals surface area contributed by atoms with E-state index < -0.39 is 12.1 Å². The molecular weight excluding hydrogens is 491 g/mol. The molecule has 3 aromatic heterocycles. The van der Waals surface area contributed by atoms with Crippen molar-refractivity contribution in [1.29, 1.82) is 0 Å². The molecule has 0 unspecified atom stereocenters. The Morgan fingerprint density at radius 1 is 1.16 bits per heavy atom. The van der Waals surface area contributed by atoms with E-state index in [2.05, 4.69) is 43.9 Å². The van der Waals surface area contributed by atoms with Gasteiger partial charge in [-0.05, 0) is 37.1 Å². The number of hydrogen-bond donors (Lipinski definition) is 2. The quantitative estimate of drug-likeness (QED) is 0.419. The molecule has 1 amide bonds. The van der Waals surface area contributed by atoms with Gasteiger partial charge < -0.3 is 19.7 Å². The van der Waals surface area contributed by atoms with E-state index in [1.807, 2.05) is 42.6 Å². The highest BCUT2D eigenvalue weighted by Gasteiger charge is 2.38. The van der Waals surface area contributed by atoms with Crippen LogP contribution in [0.5, 0.6) is 0 Å². The summed E-state index contributed by atoms with van der Waals surface area (Å²) >= 11 is 0. The monoisotopic (exact) mass is 515 g/mol. The van der Waals surface area contributed by atoms with Crippen LogP contribution in [0.3, 0.4) is 0 Å². The van der Waals surface area contributed by atoms with Crippen LogP contribution in [-0.2, 0) is 11.2 Å². The molecule has 0 radical (unpaired) electrons. The van der Waals surface area contributed by atoms with Gasteiger partial charge in [0.1, 0.15) is 6.33 Å². The number of rotatable bonds is 5. The molecule has 194 valence electrons. The lowest BCUT2D eigenvalue weighted by Crippen LogP contribution is -2.37. The van der Waals surface area contributed by atoms with Crippen LogP contribution in [0.4, 0.5) is 19.0 Å². The standard InChI is InChI=1S/C22H23N7O.C2HF3O2/c1-2-16-13-27-11-6-9-19(27)21(24-16)28-12-10-17(14-28)25-22(30)20-23-15-29(26-20)18-7-4-3-5-8-18;3-2(4,5)1(6)7/h3-9,11,13,15,17H,2,10,12,14H2,1H3,(H,25,30);(H,6,7)/t17-;/m0./s1. The third-order valence-corrected chi connectivity index (χ3v) is 5.69. The molecule has 0 bridgehead atoms. The Bertz CT molecular complexity index is 1390. The SMILES string of the molecule is CCc1cn2cccc2c(N2CC[C@H](NC(=O)c3ncn(-c4ccccc4)n3)C2)n1.O=C(O)C(F)(F)F. The number of amides is 1. The summed E-state index contributed by atoms with van der Waals surface area (Å²) in [6.07, 6.45) is 2.34. The average molecular weight is 515 g/mol. The van der Waals surface area contributed by atoms with E-state index in [9.17, 15) is 18.0 Å². The molecule has 0 saturated carbocycles. The lowest BCUT2D eigenvalue weighted by atomic mass is 10.2. The van der Waals surface area contributed by atoms with Crippen LogP contribution in [0.25, 0.3) is 11.2 Å². The van der Waals surface area contributed by atoms with Crippen LogP contribution < -0.4 is 10.2 Å². The number of carbonyl (C=O) groups is 2. The first kappa shape index (κ1) is 25.7. The molecule has 10 nitrogen and oxygen atoms in total. The number of nitrogens with one attached hydrogen (secondary N) is 1. The number of anilines is 1. The van der Waals surface area contributed by atoms with Crippen LogP contribution in [0.15, 0.2) is 61.2 Å². The van der Waals surface area contributed by atoms with Gasteiger partial charge in [0, 0.05) is 31.5 Å². The van der Waals surface area contributed by atoms with Crippen LogP contribution in [0.2, 0.25) is 0 Å². The number of para-hydroxylation sites is 1. The summed E-state index contributed by atoms with van der Waals surface area (Å²) in [6.45, 7) is 3.67. The van der Waals surface area contributed by atoms with E-state index in [4.69, 9.17) is 14.9 Å². The number of halogens is 3. The van der Waals surface area contributed by atoms with Gasteiger partial charge in [-0.15, -0.1) is 5.10 Å². The first-order valence-corrected chi connectivity index (χ1v) is 11.4. The Hall–Kier alpha value is -4.42. The second-order valence-corrected chi connectivity index (χ2v) is 8.27. The van der Waals surface area contributed by atoms with E-state index in [1.165, 1.54) is 0 Å². The fourth-order valence-corrected chi connectivity index (χ4v) is 3.87. The molecule has 1 aliphatic heterocycles. The zero-order valence-electron chi connectivity index (χ0n) is 19.8. The molecule has 37 heavy (non-hydrogen) atoms. The Morgan fingerprint density at radius 3 is 2.57 bits per heavy atom. The second-order valence-electron chi connectivity index (χ2n) is 8.27. The highest BCUT2D eigenvalue weighted by Crippen LogP contribution is 2.25. The van der Waals surface area contributed by atoms with E-state index in [1.54, 1.807) is 11.0 Å². The first-order valence-electron chi connectivity index (χ1n) is 11.4. The molecule has 13 heteroatoms. The fourth-order valence-electron chi connectivity index (χ4n) is 3.87. The summed E-state index contributed by atoms with van der Waals surface area (Å²) in [5.74, 6) is -1.85. The second kappa shape index (κ2) is 10.7. The first-order chi connectivity index (χ1) is 17.7. The maximum Gasteiger partial charge on any atom is 0.490 e. The number of carboxylic acid groups (broad SMARTS) is 1. The zero-order valence-corrected chi connectivity index (χ0v) is 19.8. The van der Waals surface area contributed by atoms with E-state index >= 15 is 0 Å². The van der Waals surface area contributed by atoms with Crippen molar-refractivity contribution in [3.8, 4) is 5.69 Å². The molecule has 4 aromatic rings. The molecule has 1 atom stereocenters. The van der Waals surface area contributed by atoms with Crippen LogP contribution in [0, 0.1) is 0 Å². The van der Waals surface area contributed by atoms with Gasteiger partial charge in [-0.3, -0.25) is 4.79 Å². The Morgan fingerprint density at radius 2 is 1.89 bits per heavy atom. The number of nitrogens with zero attached hydrogens (tertiary/aromatic N) is 6. The Kier molecular flexibility index (Phi) is 7.41. The van der Waals surface area contributed by atoms with Crippen molar-refractivity contribution < 1.29 is 27.9 Å². The highest BCUT2D eigenvalue weighted by atomic mass is 19.4. The molecule has 2 N–H and O–H groups in total. The molecule has 0 aliphatic carbocycles. The number of carboxylic acids is 1. The van der Waals surface area contributed by atoms with E-state index in [-0.39, 0.29) is 17.8 Å². The summed E-state index contributed by atoms with van der Waals surface area (Å²) < 4.78 is 35.5. The third kappa shape index (κ3) is 6.05. The van der Waals surface area contributed by atoms with Crippen molar-refractivity contribution in [1.82, 2.24) is 29.5 Å². The smallest absolute Gasteiger partial charge is 0.475 e. The maximum absolute atomic E-state index is 12.7. The number of fused-ring (bicyclic) bond motifs is 1. The van der Waals surface area contributed by atoms with Gasteiger partial charge >= 0.3 is 12.1 Å². The van der Waals surface area contributed by atoms with Gasteiger partial charge in [0.15, 0.2) is 5.82 Å². The summed E-state index contributed by atoms with van der Waals surface area (Å²) in [5, 5.41) is 14.5. The van der Waals surface area contributed by atoms with Crippen molar-refractivity contribution in [3.05, 3.63) is 72.7 Å². The number of aryl methyl sites for hydroxylation is 1. The number of aromatic nitrogens is 5. The molecule has 1 fully saturated rings. The number of alkyl halides is 3. The molecule has 1 aromatic carbocycles. The molecular formula is C24H24F3N7O3. The molecule has 1 aliphatic rings. The highest BCUT2D eigenvalue weighted by molar-refractivity contribution is 5.90. The van der Waals surface area contributed by atoms with Crippen LogP contribution in [0.1, 0.15) is 29.7 Å². The minimum absolute atomic E-state index is 0.0308. The van der Waals surface area contributed by atoms with E-state index in [0.29, 0.717) is 6.54 Å². The summed E-state index contributed by atoms with van der Waals surface area (Å²) in [6, 6.07) is 13.8. The normalized spacial score (nSPS) is 15.4. The lowest BCUT2D eigenvalue weighted by Gasteiger charge is -2.20. The number of hydrogen-bond acceptors (Lipinski definition) is 6. The third-order valence-electron chi connectivity index (χ3n) is 5.69. The van der Waals surface area contributed by atoms with Gasteiger partial charge in [-0.1, -0.05) is 25.1 Å². The van der Waals surface area contributed by atoms with E-state index in [0.717, 1.165) is 42.1 Å². The molecule has 1 saturated heterocycles. The van der Waals surface area contributed by atoms with Gasteiger partial charge in [-0.2, -0.15) is 13.2 Å². The molecule has 0 spiro atoms. The minimum Gasteiger partial charge on any atom is -0.475 e.